The molecule has 0 spiro atoms. The molecule has 5 heteroatoms. The van der Waals surface area contributed by atoms with E-state index in [1.165, 1.54) is 38.1 Å². The van der Waals surface area contributed by atoms with Crippen molar-refractivity contribution >= 4 is 11.7 Å². The predicted octanol–water partition coefficient (Wildman–Crippen LogP) is 2.00. The fraction of sp³-hybridized carbons (Fsp3) is 0.643. The van der Waals surface area contributed by atoms with Gasteiger partial charge in [-0.3, -0.25) is 4.79 Å². The van der Waals surface area contributed by atoms with Gasteiger partial charge in [0.05, 0.1) is 12.4 Å². The molecule has 5 nitrogen and oxygen atoms in total. The molecule has 1 aromatic rings. The molecule has 1 aliphatic rings. The van der Waals surface area contributed by atoms with E-state index >= 15 is 0 Å². The summed E-state index contributed by atoms with van der Waals surface area (Å²) in [5.74, 6) is 1.74. The minimum atomic E-state index is -0.170. The Kier molecular flexibility index (Phi) is 4.71. The van der Waals surface area contributed by atoms with Crippen molar-refractivity contribution < 1.29 is 4.79 Å². The molecule has 1 heterocycles. The molecule has 1 fully saturated rings. The summed E-state index contributed by atoms with van der Waals surface area (Å²) in [6.07, 6.45) is 9.12. The van der Waals surface area contributed by atoms with Crippen LogP contribution in [0.3, 0.4) is 0 Å². The topological polar surface area (TPSA) is 80.9 Å². The quantitative estimate of drug-likeness (QED) is 0.869. The van der Waals surface area contributed by atoms with Gasteiger partial charge in [-0.2, -0.15) is 0 Å². The molecule has 0 radical (unpaired) electrons. The number of hydrogen-bond donors (Lipinski definition) is 2. The second-order valence-electron chi connectivity index (χ2n) is 5.51. The van der Waals surface area contributed by atoms with Crippen molar-refractivity contribution in [2.45, 2.75) is 39.0 Å². The Balaban J connectivity index is 1.73. The minimum Gasteiger partial charge on any atom is -0.382 e. The number of nitrogens with one attached hydrogen (secondary N) is 1. The zero-order valence-electron chi connectivity index (χ0n) is 11.4. The second kappa shape index (κ2) is 6.50. The van der Waals surface area contributed by atoms with Gasteiger partial charge < -0.3 is 11.1 Å². The maximum Gasteiger partial charge on any atom is 0.271 e. The van der Waals surface area contributed by atoms with Crippen LogP contribution in [0.1, 0.15) is 49.5 Å². The lowest BCUT2D eigenvalue weighted by atomic mass is 9.81. The zero-order chi connectivity index (χ0) is 13.7. The van der Waals surface area contributed by atoms with Gasteiger partial charge in [-0.05, 0) is 24.7 Å². The lowest BCUT2D eigenvalue weighted by Crippen LogP contribution is -2.28. The highest BCUT2D eigenvalue weighted by atomic mass is 16.1. The summed E-state index contributed by atoms with van der Waals surface area (Å²) in [4.78, 5) is 19.6. The van der Waals surface area contributed by atoms with Crippen LogP contribution in [0.25, 0.3) is 0 Å². The fourth-order valence-corrected chi connectivity index (χ4v) is 2.76. The molecule has 0 saturated heterocycles. The molecule has 3 N–H and O–H groups in total. The number of carbonyl (C=O) groups is 1. The van der Waals surface area contributed by atoms with Crippen LogP contribution >= 0.6 is 0 Å². The number of amides is 1. The van der Waals surface area contributed by atoms with E-state index in [1.807, 2.05) is 0 Å². The first-order valence-corrected chi connectivity index (χ1v) is 7.01. The van der Waals surface area contributed by atoms with E-state index in [0.717, 1.165) is 18.3 Å². The third-order valence-electron chi connectivity index (χ3n) is 3.79. The minimum absolute atomic E-state index is 0.170. The molecule has 1 amide bonds. The molecule has 1 aromatic heterocycles. The summed E-state index contributed by atoms with van der Waals surface area (Å²) < 4.78 is 0. The normalized spacial score (nSPS) is 23.0. The Morgan fingerprint density at radius 3 is 2.95 bits per heavy atom. The third-order valence-corrected chi connectivity index (χ3v) is 3.79. The van der Waals surface area contributed by atoms with Crippen molar-refractivity contribution in [3.63, 3.8) is 0 Å². The molecule has 2 atom stereocenters. The highest BCUT2D eigenvalue weighted by Gasteiger charge is 2.18. The van der Waals surface area contributed by atoms with Crippen molar-refractivity contribution in [3.8, 4) is 0 Å². The highest BCUT2D eigenvalue weighted by molar-refractivity contribution is 5.91. The van der Waals surface area contributed by atoms with Crippen molar-refractivity contribution in [2.24, 2.45) is 11.8 Å². The van der Waals surface area contributed by atoms with Crippen molar-refractivity contribution in [3.05, 3.63) is 18.1 Å². The van der Waals surface area contributed by atoms with Gasteiger partial charge in [0.15, 0.2) is 0 Å². The predicted molar refractivity (Wildman–Crippen MR) is 74.5 cm³/mol. The molecule has 19 heavy (non-hydrogen) atoms. The molecule has 2 rings (SSSR count). The smallest absolute Gasteiger partial charge is 0.271 e. The highest BCUT2D eigenvalue weighted by Crippen LogP contribution is 2.30. The van der Waals surface area contributed by atoms with Gasteiger partial charge in [0.25, 0.3) is 5.91 Å². The summed E-state index contributed by atoms with van der Waals surface area (Å²) in [6.45, 7) is 3.02. The van der Waals surface area contributed by atoms with Crippen molar-refractivity contribution in [1.82, 2.24) is 15.3 Å². The molecule has 104 valence electrons. The number of carbonyl (C=O) groups excluding carboxylic acids is 1. The molecule has 0 bridgehead atoms. The van der Waals surface area contributed by atoms with Crippen LogP contribution in [0, 0.1) is 11.8 Å². The number of rotatable bonds is 4. The van der Waals surface area contributed by atoms with Gasteiger partial charge in [0.1, 0.15) is 11.5 Å². The van der Waals surface area contributed by atoms with Gasteiger partial charge in [-0.15, -0.1) is 0 Å². The van der Waals surface area contributed by atoms with Crippen LogP contribution in [0.2, 0.25) is 0 Å². The van der Waals surface area contributed by atoms with Crippen LogP contribution in [0.5, 0.6) is 0 Å². The van der Waals surface area contributed by atoms with Gasteiger partial charge >= 0.3 is 0 Å². The molecular weight excluding hydrogens is 240 g/mol. The van der Waals surface area contributed by atoms with Gasteiger partial charge in [-0.1, -0.05) is 26.2 Å². The molecular formula is C14H22N4O. The van der Waals surface area contributed by atoms with Crippen LogP contribution in [-0.2, 0) is 0 Å². The first-order chi connectivity index (χ1) is 9.15. The first kappa shape index (κ1) is 13.8. The summed E-state index contributed by atoms with van der Waals surface area (Å²) in [5, 5.41) is 2.90. The number of nitrogens with two attached hydrogens (primary N) is 1. The Bertz CT molecular complexity index is 418. The Morgan fingerprint density at radius 1 is 1.42 bits per heavy atom. The van der Waals surface area contributed by atoms with E-state index in [1.54, 1.807) is 0 Å². The van der Waals surface area contributed by atoms with Crippen LogP contribution in [-0.4, -0.2) is 22.4 Å². The molecule has 0 aromatic carbocycles. The number of anilines is 1. The van der Waals surface area contributed by atoms with E-state index in [2.05, 4.69) is 22.2 Å². The molecule has 2 unspecified atom stereocenters. The first-order valence-electron chi connectivity index (χ1n) is 7.01. The van der Waals surface area contributed by atoms with E-state index in [4.69, 9.17) is 5.73 Å². The van der Waals surface area contributed by atoms with E-state index in [-0.39, 0.29) is 5.91 Å². The van der Waals surface area contributed by atoms with E-state index in [9.17, 15) is 4.79 Å². The summed E-state index contributed by atoms with van der Waals surface area (Å²) in [5.41, 5.74) is 5.76. The van der Waals surface area contributed by atoms with Crippen molar-refractivity contribution in [2.75, 3.05) is 12.3 Å². The summed E-state index contributed by atoms with van der Waals surface area (Å²) in [7, 11) is 0. The maximum absolute atomic E-state index is 11.8. The summed E-state index contributed by atoms with van der Waals surface area (Å²) in [6, 6.07) is 0. The largest absolute Gasteiger partial charge is 0.382 e. The number of aromatic nitrogens is 2. The monoisotopic (exact) mass is 262 g/mol. The Morgan fingerprint density at radius 2 is 2.26 bits per heavy atom. The van der Waals surface area contributed by atoms with Gasteiger partial charge in [-0.25, -0.2) is 9.97 Å². The lowest BCUT2D eigenvalue weighted by Gasteiger charge is -2.26. The Labute approximate surface area is 114 Å². The van der Waals surface area contributed by atoms with Gasteiger partial charge in [0.2, 0.25) is 0 Å². The average molecular weight is 262 g/mol. The van der Waals surface area contributed by atoms with Crippen LogP contribution in [0.15, 0.2) is 12.4 Å². The Hall–Kier alpha value is -1.65. The number of nitrogen functional groups attached to an aromatic ring is 1. The lowest BCUT2D eigenvalue weighted by molar-refractivity contribution is 0.0944. The SMILES string of the molecule is CC1CCCC(CCNC(=O)c2cnc(N)cn2)C1. The summed E-state index contributed by atoms with van der Waals surface area (Å²) >= 11 is 0. The molecule has 1 saturated carbocycles. The molecule has 1 aliphatic carbocycles. The molecule has 0 aliphatic heterocycles. The van der Waals surface area contributed by atoms with Crippen LogP contribution in [0.4, 0.5) is 5.82 Å². The fourth-order valence-electron chi connectivity index (χ4n) is 2.76. The second-order valence-corrected chi connectivity index (χ2v) is 5.51. The number of hydrogen-bond acceptors (Lipinski definition) is 4. The van der Waals surface area contributed by atoms with Crippen LogP contribution < -0.4 is 11.1 Å². The third kappa shape index (κ3) is 4.19. The number of nitrogens with zero attached hydrogens (tertiary/aromatic N) is 2. The maximum atomic E-state index is 11.8. The van der Waals surface area contributed by atoms with E-state index < -0.39 is 0 Å². The standard InChI is InChI=1S/C14H22N4O/c1-10-3-2-4-11(7-10)5-6-16-14(19)12-8-18-13(15)9-17-12/h8-11H,2-7H2,1H3,(H2,15,18)(H,16,19). The average Bonchev–Trinajstić information content (AvgIpc) is 2.39. The van der Waals surface area contributed by atoms with Gasteiger partial charge in [0, 0.05) is 6.54 Å². The van der Waals surface area contributed by atoms with Crippen molar-refractivity contribution in [1.29, 1.82) is 0 Å². The van der Waals surface area contributed by atoms with E-state index in [0.29, 0.717) is 18.1 Å². The zero-order valence-corrected chi connectivity index (χ0v) is 11.4.